The molecule has 1 aromatic rings. The summed E-state index contributed by atoms with van der Waals surface area (Å²) >= 11 is 0. The number of hydrogen-bond donors (Lipinski definition) is 2. The van der Waals surface area contributed by atoms with Gasteiger partial charge in [-0.2, -0.15) is 0 Å². The maximum absolute atomic E-state index is 11.8. The molecule has 1 heterocycles. The molecule has 0 aliphatic carbocycles. The largest absolute Gasteiger partial charge is 0.482 e. The van der Waals surface area contributed by atoms with Crippen LogP contribution in [-0.4, -0.2) is 48.1 Å². The summed E-state index contributed by atoms with van der Waals surface area (Å²) in [4.78, 5) is 24.5. The molecule has 1 aliphatic rings. The van der Waals surface area contributed by atoms with Crippen LogP contribution in [0.2, 0.25) is 0 Å². The molecule has 114 valence electrons. The average molecular weight is 292 g/mol. The van der Waals surface area contributed by atoms with E-state index in [1.807, 2.05) is 0 Å². The number of likely N-dealkylation sites (tertiary alicyclic amines) is 1. The van der Waals surface area contributed by atoms with Gasteiger partial charge < -0.3 is 20.1 Å². The lowest BCUT2D eigenvalue weighted by Gasteiger charge is -2.14. The summed E-state index contributed by atoms with van der Waals surface area (Å²) in [6.45, 7) is 2.60. The van der Waals surface area contributed by atoms with Gasteiger partial charge in [-0.15, -0.1) is 0 Å². The zero-order valence-corrected chi connectivity index (χ0v) is 11.9. The Bertz CT molecular complexity index is 481. The smallest absolute Gasteiger partial charge is 0.341 e. The molecule has 1 saturated heterocycles. The molecule has 2 rings (SSSR count). The van der Waals surface area contributed by atoms with Crippen molar-refractivity contribution in [2.75, 3.05) is 31.6 Å². The van der Waals surface area contributed by atoms with Gasteiger partial charge in [-0.1, -0.05) is 0 Å². The van der Waals surface area contributed by atoms with Gasteiger partial charge in [-0.05, 0) is 50.2 Å². The Balaban J connectivity index is 1.73. The van der Waals surface area contributed by atoms with E-state index in [-0.39, 0.29) is 12.5 Å². The second-order valence-electron chi connectivity index (χ2n) is 5.05. The van der Waals surface area contributed by atoms with E-state index >= 15 is 0 Å². The van der Waals surface area contributed by atoms with Crippen molar-refractivity contribution < 1.29 is 19.4 Å². The first-order valence-corrected chi connectivity index (χ1v) is 7.10. The summed E-state index contributed by atoms with van der Waals surface area (Å²) in [6.07, 6.45) is 2.93. The predicted octanol–water partition coefficient (Wildman–Crippen LogP) is 1.57. The van der Waals surface area contributed by atoms with E-state index in [0.717, 1.165) is 19.6 Å². The molecule has 0 aromatic heterocycles. The number of carboxylic acid groups (broad SMARTS) is 1. The van der Waals surface area contributed by atoms with Crippen molar-refractivity contribution in [1.82, 2.24) is 4.90 Å². The van der Waals surface area contributed by atoms with Crippen molar-refractivity contribution in [3.8, 4) is 5.75 Å². The number of benzene rings is 1. The number of rotatable bonds is 7. The zero-order valence-electron chi connectivity index (χ0n) is 11.9. The Kier molecular flexibility index (Phi) is 5.57. The first-order valence-electron chi connectivity index (χ1n) is 7.10. The monoisotopic (exact) mass is 292 g/mol. The minimum atomic E-state index is -1.02. The molecule has 0 atom stereocenters. The fourth-order valence-electron chi connectivity index (χ4n) is 2.27. The van der Waals surface area contributed by atoms with Crippen molar-refractivity contribution in [3.05, 3.63) is 24.3 Å². The van der Waals surface area contributed by atoms with Crippen molar-refractivity contribution in [1.29, 1.82) is 0 Å². The second-order valence-corrected chi connectivity index (χ2v) is 5.05. The molecule has 0 bridgehead atoms. The minimum absolute atomic E-state index is 0.0129. The first-order chi connectivity index (χ1) is 10.1. The number of nitrogens with one attached hydrogen (secondary N) is 1. The summed E-state index contributed by atoms with van der Waals surface area (Å²) in [6, 6.07) is 6.67. The summed E-state index contributed by atoms with van der Waals surface area (Å²) in [5, 5.41) is 11.3. The zero-order chi connectivity index (χ0) is 15.1. The highest BCUT2D eigenvalue weighted by atomic mass is 16.5. The van der Waals surface area contributed by atoms with Crippen LogP contribution in [0.1, 0.15) is 19.3 Å². The van der Waals surface area contributed by atoms with Crippen LogP contribution in [0.5, 0.6) is 5.75 Å². The Labute approximate surface area is 123 Å². The van der Waals surface area contributed by atoms with E-state index in [4.69, 9.17) is 9.84 Å². The van der Waals surface area contributed by atoms with E-state index < -0.39 is 5.97 Å². The fraction of sp³-hybridized carbons (Fsp3) is 0.467. The van der Waals surface area contributed by atoms with Crippen LogP contribution in [0.15, 0.2) is 24.3 Å². The van der Waals surface area contributed by atoms with E-state index in [0.29, 0.717) is 17.9 Å². The van der Waals surface area contributed by atoms with Crippen LogP contribution < -0.4 is 10.1 Å². The standard InChI is InChI=1S/C15H20N2O4/c18-14(7-10-17-8-1-2-9-17)16-12-3-5-13(6-4-12)21-11-15(19)20/h3-6H,1-2,7-11H2,(H,16,18)(H,19,20). The van der Waals surface area contributed by atoms with Crippen LogP contribution in [0.3, 0.4) is 0 Å². The van der Waals surface area contributed by atoms with E-state index in [9.17, 15) is 9.59 Å². The van der Waals surface area contributed by atoms with Gasteiger partial charge in [0.15, 0.2) is 6.61 Å². The lowest BCUT2D eigenvalue weighted by molar-refractivity contribution is -0.139. The third-order valence-corrected chi connectivity index (χ3v) is 3.35. The summed E-state index contributed by atoms with van der Waals surface area (Å²) in [7, 11) is 0. The number of hydrogen-bond acceptors (Lipinski definition) is 4. The Morgan fingerprint density at radius 2 is 1.86 bits per heavy atom. The average Bonchev–Trinajstić information content (AvgIpc) is 2.98. The molecule has 0 saturated carbocycles. The number of carbonyl (C=O) groups is 2. The number of aliphatic carboxylic acids is 1. The molecular weight excluding hydrogens is 272 g/mol. The topological polar surface area (TPSA) is 78.9 Å². The SMILES string of the molecule is O=C(O)COc1ccc(NC(=O)CCN2CCCC2)cc1. The number of ether oxygens (including phenoxy) is 1. The molecule has 0 unspecified atom stereocenters. The summed E-state index contributed by atoms with van der Waals surface area (Å²) in [5.74, 6) is -0.567. The van der Waals surface area contributed by atoms with Crippen molar-refractivity contribution in [2.45, 2.75) is 19.3 Å². The molecule has 6 heteroatoms. The molecule has 1 aromatic carbocycles. The Hall–Kier alpha value is -2.08. The lowest BCUT2D eigenvalue weighted by atomic mass is 10.3. The number of nitrogens with zero attached hydrogens (tertiary/aromatic N) is 1. The molecule has 0 spiro atoms. The van der Waals surface area contributed by atoms with Gasteiger partial charge in [-0.3, -0.25) is 4.79 Å². The molecule has 1 fully saturated rings. The minimum Gasteiger partial charge on any atom is -0.482 e. The van der Waals surface area contributed by atoms with Crippen LogP contribution in [-0.2, 0) is 9.59 Å². The lowest BCUT2D eigenvalue weighted by Crippen LogP contribution is -2.25. The molecule has 1 amide bonds. The molecule has 2 N–H and O–H groups in total. The van der Waals surface area contributed by atoms with Crippen LogP contribution in [0.25, 0.3) is 0 Å². The van der Waals surface area contributed by atoms with Gasteiger partial charge in [0.1, 0.15) is 5.75 Å². The van der Waals surface area contributed by atoms with Gasteiger partial charge in [-0.25, -0.2) is 4.79 Å². The molecule has 1 aliphatic heterocycles. The highest BCUT2D eigenvalue weighted by molar-refractivity contribution is 5.90. The predicted molar refractivity (Wildman–Crippen MR) is 78.5 cm³/mol. The molecule has 6 nitrogen and oxygen atoms in total. The first kappa shape index (κ1) is 15.3. The van der Waals surface area contributed by atoms with Crippen molar-refractivity contribution in [3.63, 3.8) is 0 Å². The highest BCUT2D eigenvalue weighted by Gasteiger charge is 2.12. The van der Waals surface area contributed by atoms with Crippen LogP contribution >= 0.6 is 0 Å². The number of amides is 1. The Morgan fingerprint density at radius 1 is 1.19 bits per heavy atom. The second kappa shape index (κ2) is 7.64. The van der Waals surface area contributed by atoms with Gasteiger partial charge in [0, 0.05) is 18.7 Å². The summed E-state index contributed by atoms with van der Waals surface area (Å²) < 4.78 is 5.02. The molecule has 21 heavy (non-hydrogen) atoms. The normalized spacial score (nSPS) is 14.9. The number of carbonyl (C=O) groups excluding carboxylic acids is 1. The summed E-state index contributed by atoms with van der Waals surface area (Å²) in [5.41, 5.74) is 0.684. The maximum Gasteiger partial charge on any atom is 0.341 e. The van der Waals surface area contributed by atoms with Crippen LogP contribution in [0.4, 0.5) is 5.69 Å². The van der Waals surface area contributed by atoms with Gasteiger partial charge >= 0.3 is 5.97 Å². The molecule has 0 radical (unpaired) electrons. The van der Waals surface area contributed by atoms with E-state index in [1.165, 1.54) is 12.8 Å². The highest BCUT2D eigenvalue weighted by Crippen LogP contribution is 2.16. The molecular formula is C15H20N2O4. The maximum atomic E-state index is 11.8. The van der Waals surface area contributed by atoms with E-state index in [2.05, 4.69) is 10.2 Å². The van der Waals surface area contributed by atoms with Crippen LogP contribution in [0, 0.1) is 0 Å². The fourth-order valence-corrected chi connectivity index (χ4v) is 2.27. The van der Waals surface area contributed by atoms with Crippen molar-refractivity contribution in [2.24, 2.45) is 0 Å². The number of carboxylic acids is 1. The Morgan fingerprint density at radius 3 is 2.48 bits per heavy atom. The van der Waals surface area contributed by atoms with Crippen molar-refractivity contribution >= 4 is 17.6 Å². The van der Waals surface area contributed by atoms with Gasteiger partial charge in [0.05, 0.1) is 0 Å². The van der Waals surface area contributed by atoms with Gasteiger partial charge in [0.25, 0.3) is 0 Å². The quantitative estimate of drug-likeness (QED) is 0.797. The third-order valence-electron chi connectivity index (χ3n) is 3.35. The number of anilines is 1. The van der Waals surface area contributed by atoms with E-state index in [1.54, 1.807) is 24.3 Å². The van der Waals surface area contributed by atoms with Gasteiger partial charge in [0.2, 0.25) is 5.91 Å². The third kappa shape index (κ3) is 5.43.